The van der Waals surface area contributed by atoms with E-state index < -0.39 is 41.6 Å². The average molecular weight is 234 g/mol. The lowest BCUT2D eigenvalue weighted by Crippen LogP contribution is -2.48. The van der Waals surface area contributed by atoms with Crippen molar-refractivity contribution in [2.24, 2.45) is 11.3 Å². The predicted molar refractivity (Wildman–Crippen MR) is 46.8 cm³/mol. The van der Waals surface area contributed by atoms with E-state index in [1.54, 1.807) is 0 Å². The molecule has 1 atom stereocenters. The molecular formula is C8H10O8. The molecule has 0 rings (SSSR count). The third kappa shape index (κ3) is 2.27. The zero-order chi connectivity index (χ0) is 13.1. The number of hydrogen-bond acceptors (Lipinski definition) is 4. The van der Waals surface area contributed by atoms with Crippen molar-refractivity contribution in [1.82, 2.24) is 0 Å². The first-order chi connectivity index (χ1) is 7.16. The van der Waals surface area contributed by atoms with Crippen molar-refractivity contribution in [3.8, 4) is 0 Å². The summed E-state index contributed by atoms with van der Waals surface area (Å²) in [5, 5.41) is 34.4. The Morgan fingerprint density at radius 2 is 1.25 bits per heavy atom. The molecule has 0 amide bonds. The summed E-state index contributed by atoms with van der Waals surface area (Å²) in [5.74, 6) is -9.15. The molecule has 0 bridgehead atoms. The van der Waals surface area contributed by atoms with E-state index in [4.69, 9.17) is 20.4 Å². The number of hydrogen-bond donors (Lipinski definition) is 4. The monoisotopic (exact) mass is 234 g/mol. The summed E-state index contributed by atoms with van der Waals surface area (Å²) in [6.07, 6.45) is -1.03. The van der Waals surface area contributed by atoms with E-state index >= 15 is 0 Å². The lowest BCUT2D eigenvalue weighted by atomic mass is 9.79. The number of aliphatic carboxylic acids is 4. The van der Waals surface area contributed by atoms with Crippen LogP contribution in [-0.2, 0) is 19.2 Å². The minimum absolute atomic E-state index is 1.03. The Kier molecular flexibility index (Phi) is 3.99. The summed E-state index contributed by atoms with van der Waals surface area (Å²) in [7, 11) is 0. The Labute approximate surface area is 89.1 Å². The Balaban J connectivity index is 5.39. The SMILES string of the molecule is CC(CC(C(=O)O)(C(=O)O)C(=O)O)C(=O)O. The Hall–Kier alpha value is -2.12. The molecule has 1 unspecified atom stereocenters. The Morgan fingerprint density at radius 1 is 0.938 bits per heavy atom. The van der Waals surface area contributed by atoms with Gasteiger partial charge in [-0.2, -0.15) is 0 Å². The minimum Gasteiger partial charge on any atom is -0.481 e. The maximum atomic E-state index is 10.7. The standard InChI is InChI=1S/C8H10O8/c1-3(4(9)10)2-8(5(11)12,6(13)14)7(15)16/h3H,2H2,1H3,(H,9,10)(H,11,12)(H,13,14)(H,15,16). The fourth-order valence-electron chi connectivity index (χ4n) is 1.08. The second-order valence-corrected chi connectivity index (χ2v) is 3.26. The third-order valence-corrected chi connectivity index (χ3v) is 2.13. The van der Waals surface area contributed by atoms with E-state index in [1.807, 2.05) is 0 Å². The van der Waals surface area contributed by atoms with Crippen LogP contribution in [0.4, 0.5) is 0 Å². The maximum Gasteiger partial charge on any atom is 0.332 e. The minimum atomic E-state index is -3.13. The molecule has 0 radical (unpaired) electrons. The van der Waals surface area contributed by atoms with Gasteiger partial charge in [0, 0.05) is 0 Å². The first kappa shape index (κ1) is 13.9. The molecule has 0 aromatic rings. The van der Waals surface area contributed by atoms with Gasteiger partial charge in [-0.1, -0.05) is 6.92 Å². The van der Waals surface area contributed by atoms with Crippen molar-refractivity contribution in [2.45, 2.75) is 13.3 Å². The van der Waals surface area contributed by atoms with Gasteiger partial charge in [-0.15, -0.1) is 0 Å². The molecule has 0 saturated heterocycles. The molecule has 0 aromatic carbocycles. The number of carboxylic acid groups (broad SMARTS) is 4. The summed E-state index contributed by atoms with van der Waals surface area (Å²) < 4.78 is 0. The highest BCUT2D eigenvalue weighted by atomic mass is 16.4. The quantitative estimate of drug-likeness (QED) is 0.442. The molecule has 90 valence electrons. The van der Waals surface area contributed by atoms with E-state index in [0.29, 0.717) is 0 Å². The normalized spacial score (nSPS) is 12.8. The molecule has 0 spiro atoms. The van der Waals surface area contributed by atoms with Crippen LogP contribution < -0.4 is 0 Å². The smallest absolute Gasteiger partial charge is 0.332 e. The summed E-state index contributed by atoms with van der Waals surface area (Å²) in [4.78, 5) is 42.6. The molecule has 8 nitrogen and oxygen atoms in total. The summed E-state index contributed by atoms with van der Waals surface area (Å²) in [6.45, 7) is 1.03. The van der Waals surface area contributed by atoms with Gasteiger partial charge in [-0.3, -0.25) is 19.2 Å². The van der Waals surface area contributed by atoms with E-state index in [2.05, 4.69) is 0 Å². The lowest BCUT2D eigenvalue weighted by Gasteiger charge is -2.21. The molecule has 0 aromatic heterocycles. The van der Waals surface area contributed by atoms with Gasteiger partial charge in [-0.05, 0) is 6.42 Å². The van der Waals surface area contributed by atoms with Crippen LogP contribution in [0.5, 0.6) is 0 Å². The van der Waals surface area contributed by atoms with Gasteiger partial charge in [0.05, 0.1) is 5.92 Å². The fourth-order valence-corrected chi connectivity index (χ4v) is 1.08. The van der Waals surface area contributed by atoms with Crippen molar-refractivity contribution in [3.05, 3.63) is 0 Å². The summed E-state index contributed by atoms with van der Waals surface area (Å²) >= 11 is 0. The van der Waals surface area contributed by atoms with Crippen LogP contribution in [0.3, 0.4) is 0 Å². The fraction of sp³-hybridized carbons (Fsp3) is 0.500. The molecule has 0 heterocycles. The largest absolute Gasteiger partial charge is 0.481 e. The van der Waals surface area contributed by atoms with Crippen LogP contribution in [0.15, 0.2) is 0 Å². The van der Waals surface area contributed by atoms with Crippen LogP contribution in [0.25, 0.3) is 0 Å². The molecule has 16 heavy (non-hydrogen) atoms. The highest BCUT2D eigenvalue weighted by Crippen LogP contribution is 2.28. The van der Waals surface area contributed by atoms with Gasteiger partial charge in [0.2, 0.25) is 0 Å². The first-order valence-electron chi connectivity index (χ1n) is 4.09. The van der Waals surface area contributed by atoms with Crippen LogP contribution in [0.2, 0.25) is 0 Å². The van der Waals surface area contributed by atoms with Crippen molar-refractivity contribution < 1.29 is 39.6 Å². The molecule has 0 aliphatic carbocycles. The van der Waals surface area contributed by atoms with Crippen LogP contribution in [0, 0.1) is 11.3 Å². The van der Waals surface area contributed by atoms with Crippen molar-refractivity contribution >= 4 is 23.9 Å². The number of carboxylic acids is 4. The zero-order valence-corrected chi connectivity index (χ0v) is 8.21. The molecule has 0 saturated carbocycles. The van der Waals surface area contributed by atoms with Crippen LogP contribution in [0.1, 0.15) is 13.3 Å². The van der Waals surface area contributed by atoms with Gasteiger partial charge < -0.3 is 20.4 Å². The molecule has 8 heteroatoms. The van der Waals surface area contributed by atoms with E-state index in [9.17, 15) is 19.2 Å². The highest BCUT2D eigenvalue weighted by Gasteiger charge is 2.55. The van der Waals surface area contributed by atoms with Crippen molar-refractivity contribution in [3.63, 3.8) is 0 Å². The van der Waals surface area contributed by atoms with Gasteiger partial charge in [0.1, 0.15) is 0 Å². The van der Waals surface area contributed by atoms with Crippen LogP contribution in [-0.4, -0.2) is 44.3 Å². The number of carbonyl (C=O) groups is 4. The Morgan fingerprint density at radius 3 is 1.44 bits per heavy atom. The average Bonchev–Trinajstić information content (AvgIpc) is 2.11. The van der Waals surface area contributed by atoms with E-state index in [1.165, 1.54) is 0 Å². The molecule has 0 aliphatic heterocycles. The first-order valence-corrected chi connectivity index (χ1v) is 4.09. The predicted octanol–water partition coefficient (Wildman–Crippen LogP) is -0.663. The third-order valence-electron chi connectivity index (χ3n) is 2.13. The molecular weight excluding hydrogens is 224 g/mol. The number of rotatable bonds is 6. The zero-order valence-electron chi connectivity index (χ0n) is 8.21. The van der Waals surface area contributed by atoms with E-state index in [0.717, 1.165) is 6.92 Å². The topological polar surface area (TPSA) is 149 Å². The molecule has 4 N–H and O–H groups in total. The van der Waals surface area contributed by atoms with Crippen molar-refractivity contribution in [1.29, 1.82) is 0 Å². The van der Waals surface area contributed by atoms with Gasteiger partial charge in [0.25, 0.3) is 5.41 Å². The summed E-state index contributed by atoms with van der Waals surface area (Å²) in [6, 6.07) is 0. The highest BCUT2D eigenvalue weighted by molar-refractivity contribution is 6.16. The Bertz CT molecular complexity index is 308. The molecule has 0 aliphatic rings. The lowest BCUT2D eigenvalue weighted by molar-refractivity contribution is -0.177. The second kappa shape index (κ2) is 4.60. The van der Waals surface area contributed by atoms with Gasteiger partial charge >= 0.3 is 23.9 Å². The van der Waals surface area contributed by atoms with Crippen LogP contribution >= 0.6 is 0 Å². The van der Waals surface area contributed by atoms with Gasteiger partial charge in [0.15, 0.2) is 0 Å². The van der Waals surface area contributed by atoms with Gasteiger partial charge in [-0.25, -0.2) is 0 Å². The maximum absolute atomic E-state index is 10.7. The van der Waals surface area contributed by atoms with E-state index in [-0.39, 0.29) is 0 Å². The summed E-state index contributed by atoms with van der Waals surface area (Å²) in [5.41, 5.74) is -3.13. The van der Waals surface area contributed by atoms with Crippen molar-refractivity contribution in [2.75, 3.05) is 0 Å². The second-order valence-electron chi connectivity index (χ2n) is 3.26. The molecule has 0 fully saturated rings.